The molecule has 2 N–H and O–H groups in total. The van der Waals surface area contributed by atoms with E-state index in [1.807, 2.05) is 6.92 Å². The Kier molecular flexibility index (Phi) is 8.29. The number of fused-ring (bicyclic) bond motifs is 1. The zero-order valence-electron chi connectivity index (χ0n) is 20.4. The van der Waals surface area contributed by atoms with Crippen LogP contribution in [-0.2, 0) is 0 Å². The van der Waals surface area contributed by atoms with Gasteiger partial charge in [-0.2, -0.15) is 0 Å². The van der Waals surface area contributed by atoms with E-state index in [0.29, 0.717) is 17.3 Å². The van der Waals surface area contributed by atoms with Crippen molar-refractivity contribution in [1.29, 1.82) is 0 Å². The van der Waals surface area contributed by atoms with Crippen LogP contribution in [0.5, 0.6) is 0 Å². The molecule has 0 aromatic heterocycles. The van der Waals surface area contributed by atoms with Crippen LogP contribution in [0.4, 0.5) is 0 Å². The smallest absolute Gasteiger partial charge is 0.0605 e. The van der Waals surface area contributed by atoms with E-state index < -0.39 is 0 Å². The fourth-order valence-corrected chi connectivity index (χ4v) is 7.40. The summed E-state index contributed by atoms with van der Waals surface area (Å²) >= 11 is 0. The highest BCUT2D eigenvalue weighted by Gasteiger charge is 2.50. The molecule has 30 heavy (non-hydrogen) atoms. The summed E-state index contributed by atoms with van der Waals surface area (Å²) in [6, 6.07) is 0. The maximum Gasteiger partial charge on any atom is 0.0605 e. The van der Waals surface area contributed by atoms with Gasteiger partial charge in [0.25, 0.3) is 0 Å². The number of allylic oxidation sites excluding steroid dienone is 3. The van der Waals surface area contributed by atoms with Gasteiger partial charge in [0.05, 0.1) is 12.2 Å². The molecule has 2 nitrogen and oxygen atoms in total. The van der Waals surface area contributed by atoms with E-state index >= 15 is 0 Å². The van der Waals surface area contributed by atoms with Gasteiger partial charge in [-0.05, 0) is 93.3 Å². The van der Waals surface area contributed by atoms with Crippen LogP contribution in [0.2, 0.25) is 0 Å². The van der Waals surface area contributed by atoms with E-state index in [9.17, 15) is 10.2 Å². The summed E-state index contributed by atoms with van der Waals surface area (Å²) in [7, 11) is 0. The summed E-state index contributed by atoms with van der Waals surface area (Å²) < 4.78 is 0. The Morgan fingerprint density at radius 2 is 1.90 bits per heavy atom. The van der Waals surface area contributed by atoms with Crippen molar-refractivity contribution < 1.29 is 10.2 Å². The third-order valence-electron chi connectivity index (χ3n) is 9.41. The highest BCUT2D eigenvalue weighted by Crippen LogP contribution is 2.60. The van der Waals surface area contributed by atoms with Crippen molar-refractivity contribution in [2.24, 2.45) is 35.0 Å². The largest absolute Gasteiger partial charge is 0.393 e. The van der Waals surface area contributed by atoms with Crippen LogP contribution in [0, 0.1) is 35.0 Å². The van der Waals surface area contributed by atoms with Gasteiger partial charge in [0.1, 0.15) is 0 Å². The fourth-order valence-electron chi connectivity index (χ4n) is 7.40. The molecule has 3 rings (SSSR count). The highest BCUT2D eigenvalue weighted by molar-refractivity contribution is 5.26. The summed E-state index contributed by atoms with van der Waals surface area (Å²) in [4.78, 5) is 0. The Labute approximate surface area is 186 Å². The van der Waals surface area contributed by atoms with E-state index in [1.54, 1.807) is 5.57 Å². The van der Waals surface area contributed by atoms with E-state index in [1.165, 1.54) is 56.9 Å². The third kappa shape index (κ3) is 5.23. The molecule has 8 atom stereocenters. The Morgan fingerprint density at radius 1 is 1.13 bits per heavy atom. The molecule has 2 heteroatoms. The minimum Gasteiger partial charge on any atom is -0.393 e. The second kappa shape index (κ2) is 10.3. The zero-order chi connectivity index (χ0) is 21.9. The van der Waals surface area contributed by atoms with Crippen LogP contribution in [0.25, 0.3) is 0 Å². The van der Waals surface area contributed by atoms with Gasteiger partial charge in [-0.1, -0.05) is 70.3 Å². The average molecular weight is 417 g/mol. The first-order valence-electron chi connectivity index (χ1n) is 13.0. The predicted molar refractivity (Wildman–Crippen MR) is 127 cm³/mol. The highest BCUT2D eigenvalue weighted by atomic mass is 16.3. The molecule has 3 aliphatic carbocycles. The van der Waals surface area contributed by atoms with Crippen LogP contribution in [-0.4, -0.2) is 22.4 Å². The second-order valence-electron chi connectivity index (χ2n) is 11.4. The molecule has 172 valence electrons. The van der Waals surface area contributed by atoms with Gasteiger partial charge in [-0.15, -0.1) is 0 Å². The maximum absolute atomic E-state index is 10.5. The number of rotatable bonds is 7. The van der Waals surface area contributed by atoms with Crippen LogP contribution in [0.15, 0.2) is 23.3 Å². The number of hydrogen-bond donors (Lipinski definition) is 2. The molecule has 0 aliphatic heterocycles. The van der Waals surface area contributed by atoms with Crippen molar-refractivity contribution in [1.82, 2.24) is 0 Å². The SMILES string of the molecule is CCC1CC(=CC=C2CCCC3(C)C2CCC3C(C)CCCC(C)O)CC(O)C1C. The topological polar surface area (TPSA) is 40.5 Å². The van der Waals surface area contributed by atoms with E-state index in [4.69, 9.17) is 0 Å². The second-order valence-corrected chi connectivity index (χ2v) is 11.4. The molecule has 0 spiro atoms. The van der Waals surface area contributed by atoms with Gasteiger partial charge >= 0.3 is 0 Å². The van der Waals surface area contributed by atoms with Gasteiger partial charge in [0, 0.05) is 0 Å². The van der Waals surface area contributed by atoms with E-state index in [-0.39, 0.29) is 12.2 Å². The fraction of sp³-hybridized carbons (Fsp3) is 0.857. The Bertz CT molecular complexity index is 618. The van der Waals surface area contributed by atoms with Crippen LogP contribution >= 0.6 is 0 Å². The van der Waals surface area contributed by atoms with Gasteiger partial charge in [0.2, 0.25) is 0 Å². The van der Waals surface area contributed by atoms with Crippen molar-refractivity contribution in [3.05, 3.63) is 23.3 Å². The lowest BCUT2D eigenvalue weighted by Gasteiger charge is -2.44. The van der Waals surface area contributed by atoms with Crippen molar-refractivity contribution in [2.45, 2.75) is 117 Å². The Hall–Kier alpha value is -0.600. The summed E-state index contributed by atoms with van der Waals surface area (Å²) in [6.45, 7) is 11.5. The summed E-state index contributed by atoms with van der Waals surface area (Å²) in [5.41, 5.74) is 3.61. The summed E-state index contributed by atoms with van der Waals surface area (Å²) in [6.07, 6.45) is 17.8. The lowest BCUT2D eigenvalue weighted by molar-refractivity contribution is 0.0618. The standard InChI is InChI=1S/C28H48O2/c1-6-23-17-22(18-27(30)21(23)4)12-13-24-11-8-16-28(5)25(14-15-26(24)28)19(2)9-7-10-20(3)29/h12-13,19-21,23,25-27,29-30H,6-11,14-18H2,1-5H3. The van der Waals surface area contributed by atoms with Crippen LogP contribution in [0.3, 0.4) is 0 Å². The van der Waals surface area contributed by atoms with Crippen molar-refractivity contribution in [3.63, 3.8) is 0 Å². The van der Waals surface area contributed by atoms with Gasteiger partial charge in [0.15, 0.2) is 0 Å². The van der Waals surface area contributed by atoms with E-state index in [2.05, 4.69) is 39.8 Å². The van der Waals surface area contributed by atoms with Crippen molar-refractivity contribution in [3.8, 4) is 0 Å². The predicted octanol–water partition coefficient (Wildman–Crippen LogP) is 7.06. The number of aliphatic hydroxyl groups is 2. The molecular formula is C28H48O2. The summed E-state index contributed by atoms with van der Waals surface area (Å²) in [5.74, 6) is 3.41. The normalized spacial score (nSPS) is 41.8. The molecule has 0 aromatic rings. The first kappa shape index (κ1) is 24.1. The summed E-state index contributed by atoms with van der Waals surface area (Å²) in [5, 5.41) is 20.1. The van der Waals surface area contributed by atoms with Gasteiger partial charge in [-0.3, -0.25) is 0 Å². The first-order valence-corrected chi connectivity index (χ1v) is 13.0. The van der Waals surface area contributed by atoms with Gasteiger partial charge in [-0.25, -0.2) is 0 Å². The van der Waals surface area contributed by atoms with Crippen molar-refractivity contribution in [2.75, 3.05) is 0 Å². The molecular weight excluding hydrogens is 368 g/mol. The molecule has 3 aliphatic rings. The average Bonchev–Trinajstić information content (AvgIpc) is 3.06. The number of hydrogen-bond acceptors (Lipinski definition) is 2. The van der Waals surface area contributed by atoms with Crippen LogP contribution < -0.4 is 0 Å². The molecule has 8 unspecified atom stereocenters. The minimum absolute atomic E-state index is 0.157. The monoisotopic (exact) mass is 416 g/mol. The van der Waals surface area contributed by atoms with Crippen molar-refractivity contribution >= 4 is 0 Å². The minimum atomic E-state index is -0.164. The molecule has 0 heterocycles. The van der Waals surface area contributed by atoms with E-state index in [0.717, 1.165) is 37.0 Å². The lowest BCUT2D eigenvalue weighted by atomic mass is 9.60. The first-order chi connectivity index (χ1) is 14.3. The molecule has 0 bridgehead atoms. The molecule has 0 aromatic carbocycles. The molecule has 0 saturated heterocycles. The number of aliphatic hydroxyl groups excluding tert-OH is 2. The lowest BCUT2D eigenvalue weighted by Crippen LogP contribution is -2.36. The molecule has 0 amide bonds. The Morgan fingerprint density at radius 3 is 2.60 bits per heavy atom. The van der Waals surface area contributed by atoms with Crippen LogP contribution in [0.1, 0.15) is 105 Å². The molecule has 3 saturated carbocycles. The molecule has 3 fully saturated rings. The zero-order valence-corrected chi connectivity index (χ0v) is 20.4. The molecule has 0 radical (unpaired) electrons. The quantitative estimate of drug-likeness (QED) is 0.466. The maximum atomic E-state index is 10.5. The Balaban J connectivity index is 1.68. The third-order valence-corrected chi connectivity index (χ3v) is 9.41. The van der Waals surface area contributed by atoms with Gasteiger partial charge < -0.3 is 10.2 Å².